The molecular weight excluding hydrogens is 309 g/mol. The lowest BCUT2D eigenvalue weighted by Gasteiger charge is -2.33. The maximum Gasteiger partial charge on any atom is 0.416 e. The predicted molar refractivity (Wildman–Crippen MR) is 81.0 cm³/mol. The van der Waals surface area contributed by atoms with Gasteiger partial charge in [-0.2, -0.15) is 13.2 Å². The second kappa shape index (κ2) is 6.49. The normalized spacial score (nSPS) is 19.8. The summed E-state index contributed by atoms with van der Waals surface area (Å²) in [6.07, 6.45) is -2.77. The Kier molecular flexibility index (Phi) is 5.01. The molecule has 0 aliphatic carbocycles. The number of alkyl halides is 3. The van der Waals surface area contributed by atoms with E-state index in [-0.39, 0.29) is 24.2 Å². The van der Waals surface area contributed by atoms with Crippen molar-refractivity contribution in [3.8, 4) is 0 Å². The van der Waals surface area contributed by atoms with E-state index in [1.165, 1.54) is 12.1 Å². The highest BCUT2D eigenvalue weighted by Crippen LogP contribution is 2.31. The van der Waals surface area contributed by atoms with Gasteiger partial charge in [-0.25, -0.2) is 0 Å². The lowest BCUT2D eigenvalue weighted by molar-refractivity contribution is -0.137. The molecule has 4 nitrogen and oxygen atoms in total. The summed E-state index contributed by atoms with van der Waals surface area (Å²) in [5.74, 6) is -0.388. The fourth-order valence-corrected chi connectivity index (χ4v) is 2.97. The first-order valence-electron chi connectivity index (χ1n) is 7.51. The first-order chi connectivity index (χ1) is 10.6. The number of benzene rings is 1. The first-order valence-corrected chi connectivity index (χ1v) is 7.51. The molecule has 23 heavy (non-hydrogen) atoms. The molecule has 1 heterocycles. The number of likely N-dealkylation sites (tertiary alicyclic amines) is 1. The number of amides is 1. The minimum atomic E-state index is -4.44. The molecule has 0 saturated carbocycles. The fourth-order valence-electron chi connectivity index (χ4n) is 2.97. The Labute approximate surface area is 133 Å². The van der Waals surface area contributed by atoms with Crippen molar-refractivity contribution in [1.29, 1.82) is 0 Å². The number of anilines is 1. The number of carbonyl (C=O) groups is 1. The number of carbonyl (C=O) groups excluding carboxylic acids is 1. The quantitative estimate of drug-likeness (QED) is 0.892. The van der Waals surface area contributed by atoms with Crippen LogP contribution in [0.4, 0.5) is 18.9 Å². The second-order valence-electron chi connectivity index (χ2n) is 6.41. The van der Waals surface area contributed by atoms with Crippen molar-refractivity contribution >= 4 is 11.6 Å². The lowest BCUT2D eigenvalue weighted by Crippen LogP contribution is -2.48. The number of hydrogen-bond donors (Lipinski definition) is 2. The molecule has 2 N–H and O–H groups in total. The van der Waals surface area contributed by atoms with Crippen LogP contribution in [0, 0.1) is 0 Å². The third-order valence-electron chi connectivity index (χ3n) is 4.00. The molecule has 0 aromatic heterocycles. The van der Waals surface area contributed by atoms with Crippen LogP contribution in [0.2, 0.25) is 0 Å². The first kappa shape index (κ1) is 17.7. The van der Waals surface area contributed by atoms with Gasteiger partial charge in [0.15, 0.2) is 0 Å². The second-order valence-corrected chi connectivity index (χ2v) is 6.41. The summed E-state index contributed by atoms with van der Waals surface area (Å²) in [6, 6.07) is 4.42. The van der Waals surface area contributed by atoms with Crippen LogP contribution in [0.1, 0.15) is 32.3 Å². The highest BCUT2D eigenvalue weighted by Gasteiger charge is 2.36. The molecule has 1 amide bonds. The van der Waals surface area contributed by atoms with Crippen molar-refractivity contribution in [2.75, 3.05) is 18.4 Å². The average Bonchev–Trinajstić information content (AvgIpc) is 2.86. The summed E-state index contributed by atoms with van der Waals surface area (Å²) in [5.41, 5.74) is -1.61. The molecule has 1 aliphatic rings. The summed E-state index contributed by atoms with van der Waals surface area (Å²) in [4.78, 5) is 14.0. The largest absolute Gasteiger partial charge is 0.416 e. The summed E-state index contributed by atoms with van der Waals surface area (Å²) in [6.45, 7) is 4.12. The van der Waals surface area contributed by atoms with E-state index in [1.807, 2.05) is 4.90 Å². The van der Waals surface area contributed by atoms with Gasteiger partial charge >= 0.3 is 6.18 Å². The maximum atomic E-state index is 12.7. The van der Waals surface area contributed by atoms with Gasteiger partial charge in [-0.1, -0.05) is 6.07 Å². The predicted octanol–water partition coefficient (Wildman–Crippen LogP) is 2.88. The van der Waals surface area contributed by atoms with E-state index in [9.17, 15) is 23.1 Å². The Balaban J connectivity index is 2.00. The molecule has 2 rings (SSSR count). The zero-order chi connectivity index (χ0) is 17.3. The van der Waals surface area contributed by atoms with Crippen molar-refractivity contribution < 1.29 is 23.1 Å². The summed E-state index contributed by atoms with van der Waals surface area (Å²) >= 11 is 0. The van der Waals surface area contributed by atoms with Crippen LogP contribution in [0.5, 0.6) is 0 Å². The smallest absolute Gasteiger partial charge is 0.389 e. The van der Waals surface area contributed by atoms with Crippen LogP contribution in [-0.4, -0.2) is 40.6 Å². The maximum absolute atomic E-state index is 12.7. The van der Waals surface area contributed by atoms with E-state index in [0.29, 0.717) is 6.54 Å². The Morgan fingerprint density at radius 3 is 2.70 bits per heavy atom. The number of nitrogens with zero attached hydrogens (tertiary/aromatic N) is 1. The fraction of sp³-hybridized carbons (Fsp3) is 0.562. The van der Waals surface area contributed by atoms with Crippen LogP contribution < -0.4 is 5.32 Å². The van der Waals surface area contributed by atoms with E-state index in [2.05, 4.69) is 5.32 Å². The number of halogens is 3. The molecule has 0 radical (unpaired) electrons. The zero-order valence-electron chi connectivity index (χ0n) is 13.2. The van der Waals surface area contributed by atoms with Gasteiger partial charge < -0.3 is 10.4 Å². The topological polar surface area (TPSA) is 52.6 Å². The van der Waals surface area contributed by atoms with Crippen molar-refractivity contribution in [3.05, 3.63) is 29.8 Å². The minimum absolute atomic E-state index is 0.0465. The van der Waals surface area contributed by atoms with Crippen molar-refractivity contribution in [2.24, 2.45) is 0 Å². The zero-order valence-corrected chi connectivity index (χ0v) is 13.2. The standard InChI is InChI=1S/C16H21F3N2O2/c1-15(2,23)13-7-4-8-21(13)10-14(22)20-12-6-3-5-11(9-12)16(17,18)19/h3,5-6,9,13,23H,4,7-8,10H2,1-2H3,(H,20,22). The Morgan fingerprint density at radius 1 is 1.39 bits per heavy atom. The molecule has 1 aliphatic heterocycles. The molecule has 1 unspecified atom stereocenters. The van der Waals surface area contributed by atoms with Crippen LogP contribution in [0.3, 0.4) is 0 Å². The molecule has 128 valence electrons. The Hall–Kier alpha value is -1.60. The minimum Gasteiger partial charge on any atom is -0.389 e. The molecule has 0 bridgehead atoms. The van der Waals surface area contributed by atoms with Gasteiger partial charge in [-0.05, 0) is 51.4 Å². The highest BCUT2D eigenvalue weighted by molar-refractivity contribution is 5.92. The van der Waals surface area contributed by atoms with Crippen LogP contribution in [0.25, 0.3) is 0 Å². The van der Waals surface area contributed by atoms with Crippen LogP contribution in [0.15, 0.2) is 24.3 Å². The van der Waals surface area contributed by atoms with E-state index in [4.69, 9.17) is 0 Å². The average molecular weight is 330 g/mol. The van der Waals surface area contributed by atoms with Gasteiger partial charge in [0.1, 0.15) is 0 Å². The van der Waals surface area contributed by atoms with Crippen LogP contribution in [-0.2, 0) is 11.0 Å². The van der Waals surface area contributed by atoms with Gasteiger partial charge in [-0.3, -0.25) is 9.69 Å². The van der Waals surface area contributed by atoms with Gasteiger partial charge in [0.25, 0.3) is 0 Å². The highest BCUT2D eigenvalue weighted by atomic mass is 19.4. The van der Waals surface area contributed by atoms with E-state index in [0.717, 1.165) is 25.0 Å². The molecule has 1 aromatic rings. The monoisotopic (exact) mass is 330 g/mol. The molecule has 1 saturated heterocycles. The van der Waals surface area contributed by atoms with Gasteiger partial charge in [-0.15, -0.1) is 0 Å². The van der Waals surface area contributed by atoms with Crippen molar-refractivity contribution in [3.63, 3.8) is 0 Å². The summed E-state index contributed by atoms with van der Waals surface area (Å²) in [5, 5.41) is 12.6. The van der Waals surface area contributed by atoms with Crippen LogP contribution >= 0.6 is 0 Å². The molecule has 1 fully saturated rings. The number of nitrogens with one attached hydrogen (secondary N) is 1. The molecule has 0 spiro atoms. The molecule has 1 aromatic carbocycles. The number of aliphatic hydroxyl groups is 1. The van der Waals surface area contributed by atoms with E-state index >= 15 is 0 Å². The van der Waals surface area contributed by atoms with Gasteiger partial charge in [0.2, 0.25) is 5.91 Å². The SMILES string of the molecule is CC(C)(O)C1CCCN1CC(=O)Nc1cccc(C(F)(F)F)c1. The van der Waals surface area contributed by atoms with E-state index < -0.39 is 17.3 Å². The molecule has 7 heteroatoms. The molecular formula is C16H21F3N2O2. The third kappa shape index (κ3) is 4.68. The van der Waals surface area contributed by atoms with Gasteiger partial charge in [0.05, 0.1) is 17.7 Å². The van der Waals surface area contributed by atoms with E-state index in [1.54, 1.807) is 13.8 Å². The number of rotatable bonds is 4. The summed E-state index contributed by atoms with van der Waals surface area (Å²) in [7, 11) is 0. The Bertz CT molecular complexity index is 567. The Morgan fingerprint density at radius 2 is 2.09 bits per heavy atom. The molecule has 1 atom stereocenters. The van der Waals surface area contributed by atoms with Crippen molar-refractivity contribution in [2.45, 2.75) is 44.5 Å². The van der Waals surface area contributed by atoms with Gasteiger partial charge in [0, 0.05) is 11.7 Å². The summed E-state index contributed by atoms with van der Waals surface area (Å²) < 4.78 is 38.0. The van der Waals surface area contributed by atoms with Crippen molar-refractivity contribution in [1.82, 2.24) is 4.90 Å². The lowest BCUT2D eigenvalue weighted by atomic mass is 9.97. The third-order valence-corrected chi connectivity index (χ3v) is 4.00. The number of hydrogen-bond acceptors (Lipinski definition) is 3.